The molecule has 0 aromatic carbocycles. The summed E-state index contributed by atoms with van der Waals surface area (Å²) in [6.45, 7) is 5.52. The number of carbonyl (C=O) groups is 1. The molecule has 2 aliphatic heterocycles. The van der Waals surface area contributed by atoms with Crippen LogP contribution in [-0.4, -0.2) is 66.9 Å². The van der Waals surface area contributed by atoms with E-state index in [1.165, 1.54) is 6.07 Å². The van der Waals surface area contributed by atoms with Gasteiger partial charge in [0.1, 0.15) is 18.0 Å². The predicted octanol–water partition coefficient (Wildman–Crippen LogP) is 4.98. The molecule has 1 aromatic rings. The third-order valence-electron chi connectivity index (χ3n) is 5.01. The largest absolute Gasteiger partial charge is 0.443 e. The number of alkyl halides is 3. The molecule has 11 heteroatoms. The summed E-state index contributed by atoms with van der Waals surface area (Å²) in [5.74, 6) is 1.72. The summed E-state index contributed by atoms with van der Waals surface area (Å²) >= 11 is 1.82. The van der Waals surface area contributed by atoms with Gasteiger partial charge in [-0.1, -0.05) is 0 Å². The van der Waals surface area contributed by atoms with E-state index in [0.717, 1.165) is 43.9 Å². The fourth-order valence-corrected chi connectivity index (χ4v) is 4.43. The van der Waals surface area contributed by atoms with Gasteiger partial charge in [-0.2, -0.15) is 24.9 Å². The van der Waals surface area contributed by atoms with E-state index >= 15 is 0 Å². The molecule has 1 atom stereocenters. The zero-order valence-corrected chi connectivity index (χ0v) is 20.1. The van der Waals surface area contributed by atoms with Crippen molar-refractivity contribution in [2.75, 3.05) is 47.5 Å². The fraction of sp³-hybridized carbons (Fsp3) is 0.727. The summed E-state index contributed by atoms with van der Waals surface area (Å²) in [4.78, 5) is 19.7. The number of rotatable bonds is 6. The predicted molar refractivity (Wildman–Crippen MR) is 122 cm³/mol. The van der Waals surface area contributed by atoms with Crippen LogP contribution in [-0.2, 0) is 20.8 Å². The monoisotopic (exact) mass is 491 g/mol. The fourth-order valence-electron chi connectivity index (χ4n) is 3.53. The van der Waals surface area contributed by atoms with E-state index in [1.807, 2.05) is 17.8 Å². The molecule has 3 heterocycles. The number of hydrogen-bond donors (Lipinski definition) is 0. The normalized spacial score (nSPS) is 19.9. The van der Waals surface area contributed by atoms with Crippen molar-refractivity contribution in [1.82, 2.24) is 4.98 Å². The summed E-state index contributed by atoms with van der Waals surface area (Å²) < 4.78 is 56.9. The lowest BCUT2D eigenvalue weighted by Gasteiger charge is -2.31. The van der Waals surface area contributed by atoms with Gasteiger partial charge in [-0.3, -0.25) is 4.90 Å². The lowest BCUT2D eigenvalue weighted by molar-refractivity contribution is -0.169. The Labute approximate surface area is 196 Å². The van der Waals surface area contributed by atoms with Crippen LogP contribution in [0.1, 0.15) is 45.7 Å². The second kappa shape index (κ2) is 11.1. The Balaban J connectivity index is 1.91. The Hall–Kier alpha value is -1.72. The summed E-state index contributed by atoms with van der Waals surface area (Å²) in [6.07, 6.45) is -3.35. The van der Waals surface area contributed by atoms with Gasteiger partial charge in [-0.15, -0.1) is 0 Å². The van der Waals surface area contributed by atoms with Crippen molar-refractivity contribution >= 4 is 29.4 Å². The minimum absolute atomic E-state index is 0.0717. The first kappa shape index (κ1) is 25.9. The second-order valence-electron chi connectivity index (χ2n) is 9.06. The lowest BCUT2D eigenvalue weighted by Crippen LogP contribution is -2.43. The van der Waals surface area contributed by atoms with Crippen LogP contribution >= 0.6 is 11.8 Å². The number of hydrogen-bond acceptors (Lipinski definition) is 7. The molecule has 0 N–H and O–H groups in total. The molecule has 0 bridgehead atoms. The number of aromatic nitrogens is 1. The van der Waals surface area contributed by atoms with Crippen LogP contribution < -0.4 is 9.80 Å². The number of ether oxygens (including phenoxy) is 3. The molecule has 1 amide bonds. The average molecular weight is 492 g/mol. The van der Waals surface area contributed by atoms with Crippen LogP contribution in [0, 0.1) is 0 Å². The van der Waals surface area contributed by atoms with Crippen molar-refractivity contribution in [3.63, 3.8) is 0 Å². The van der Waals surface area contributed by atoms with E-state index in [9.17, 15) is 18.0 Å². The number of pyridine rings is 1. The standard InChI is InChI=1S/C22H32F3N3O4S/c1-21(2,3)32-20(29)28(15-22(23,24)25)18-13-17(27-7-10-33-11-8-27)12-16(26-18)14-31-19-6-4-5-9-30-19/h12-13,19H,4-11,14-15H2,1-3H3. The van der Waals surface area contributed by atoms with Gasteiger partial charge in [-0.05, 0) is 46.1 Å². The number of amides is 1. The zero-order chi connectivity index (χ0) is 24.1. The molecular formula is C22H32F3N3O4S. The maximum Gasteiger partial charge on any atom is 0.416 e. The first-order valence-electron chi connectivity index (χ1n) is 11.1. The van der Waals surface area contributed by atoms with Crippen LogP contribution in [0.25, 0.3) is 0 Å². The van der Waals surface area contributed by atoms with E-state index in [1.54, 1.807) is 20.8 Å². The molecule has 33 heavy (non-hydrogen) atoms. The van der Waals surface area contributed by atoms with E-state index in [2.05, 4.69) is 9.88 Å². The molecular weight excluding hydrogens is 459 g/mol. The molecule has 1 unspecified atom stereocenters. The van der Waals surface area contributed by atoms with Crippen molar-refractivity contribution in [2.45, 2.75) is 64.7 Å². The Morgan fingerprint density at radius 3 is 2.58 bits per heavy atom. The SMILES string of the molecule is CC(C)(C)OC(=O)N(CC(F)(F)F)c1cc(N2CCSCC2)cc(COC2CCCCO2)n1. The minimum atomic E-state index is -4.62. The average Bonchev–Trinajstić information content (AvgIpc) is 2.75. The van der Waals surface area contributed by atoms with E-state index < -0.39 is 24.4 Å². The highest BCUT2D eigenvalue weighted by Gasteiger charge is 2.37. The molecule has 7 nitrogen and oxygen atoms in total. The van der Waals surface area contributed by atoms with Crippen molar-refractivity contribution < 1.29 is 32.2 Å². The van der Waals surface area contributed by atoms with Crippen molar-refractivity contribution in [3.8, 4) is 0 Å². The summed E-state index contributed by atoms with van der Waals surface area (Å²) in [6, 6.07) is 3.33. The first-order valence-corrected chi connectivity index (χ1v) is 12.3. The molecule has 1 aromatic heterocycles. The Morgan fingerprint density at radius 2 is 1.97 bits per heavy atom. The molecule has 186 valence electrons. The number of carbonyl (C=O) groups excluding carboxylic acids is 1. The van der Waals surface area contributed by atoms with Crippen LogP contribution in [0.15, 0.2) is 12.1 Å². The number of anilines is 2. The van der Waals surface area contributed by atoms with Crippen LogP contribution in [0.4, 0.5) is 29.5 Å². The van der Waals surface area contributed by atoms with E-state index in [0.29, 0.717) is 22.9 Å². The van der Waals surface area contributed by atoms with Crippen LogP contribution in [0.3, 0.4) is 0 Å². The summed E-state index contributed by atoms with van der Waals surface area (Å²) in [5, 5.41) is 0. The third-order valence-corrected chi connectivity index (χ3v) is 5.95. The second-order valence-corrected chi connectivity index (χ2v) is 10.3. The van der Waals surface area contributed by atoms with Gasteiger partial charge in [0.15, 0.2) is 6.29 Å². The van der Waals surface area contributed by atoms with Gasteiger partial charge in [0, 0.05) is 43.0 Å². The van der Waals surface area contributed by atoms with E-state index in [-0.39, 0.29) is 18.7 Å². The number of halogens is 3. The minimum Gasteiger partial charge on any atom is -0.443 e. The highest BCUT2D eigenvalue weighted by molar-refractivity contribution is 7.99. The van der Waals surface area contributed by atoms with Crippen molar-refractivity contribution in [3.05, 3.63) is 17.8 Å². The van der Waals surface area contributed by atoms with Crippen LogP contribution in [0.5, 0.6) is 0 Å². The van der Waals surface area contributed by atoms with Gasteiger partial charge in [-0.25, -0.2) is 9.78 Å². The summed E-state index contributed by atoms with van der Waals surface area (Å²) in [5.41, 5.74) is 0.192. The van der Waals surface area contributed by atoms with Gasteiger partial charge in [0.2, 0.25) is 0 Å². The van der Waals surface area contributed by atoms with Gasteiger partial charge >= 0.3 is 12.3 Å². The van der Waals surface area contributed by atoms with Crippen molar-refractivity contribution in [1.29, 1.82) is 0 Å². The Morgan fingerprint density at radius 1 is 1.24 bits per heavy atom. The molecule has 2 fully saturated rings. The number of nitrogens with zero attached hydrogens (tertiary/aromatic N) is 3. The lowest BCUT2D eigenvalue weighted by atomic mass is 10.2. The topological polar surface area (TPSA) is 64.1 Å². The van der Waals surface area contributed by atoms with Gasteiger partial charge in [0.05, 0.1) is 12.3 Å². The first-order chi connectivity index (χ1) is 15.5. The van der Waals surface area contributed by atoms with Gasteiger partial charge in [0.25, 0.3) is 0 Å². The summed E-state index contributed by atoms with van der Waals surface area (Å²) in [7, 11) is 0. The maximum atomic E-state index is 13.4. The highest BCUT2D eigenvalue weighted by Crippen LogP contribution is 2.29. The van der Waals surface area contributed by atoms with E-state index in [4.69, 9.17) is 14.2 Å². The molecule has 2 aliphatic rings. The zero-order valence-electron chi connectivity index (χ0n) is 19.3. The molecule has 3 rings (SSSR count). The van der Waals surface area contributed by atoms with Crippen LogP contribution in [0.2, 0.25) is 0 Å². The molecule has 0 radical (unpaired) electrons. The smallest absolute Gasteiger partial charge is 0.416 e. The molecule has 0 saturated carbocycles. The Bertz CT molecular complexity index is 792. The van der Waals surface area contributed by atoms with Crippen molar-refractivity contribution in [2.24, 2.45) is 0 Å². The van der Waals surface area contributed by atoms with Gasteiger partial charge < -0.3 is 19.1 Å². The third kappa shape index (κ3) is 8.53. The maximum absolute atomic E-state index is 13.4. The quantitative estimate of drug-likeness (QED) is 0.556. The number of thioether (sulfide) groups is 1. The molecule has 0 aliphatic carbocycles. The molecule has 2 saturated heterocycles. The molecule has 0 spiro atoms. The Kier molecular flexibility index (Phi) is 8.74. The highest BCUT2D eigenvalue weighted by atomic mass is 32.2.